The van der Waals surface area contributed by atoms with Crippen LogP contribution in [0.15, 0.2) is 61.2 Å². The summed E-state index contributed by atoms with van der Waals surface area (Å²) < 4.78 is 30.4. The third kappa shape index (κ3) is 3.75. The molecule has 0 aliphatic heterocycles. The normalized spacial score (nSPS) is 12.3. The van der Waals surface area contributed by atoms with Crippen LogP contribution in [0, 0.1) is 0 Å². The maximum absolute atomic E-state index is 12.2. The molecular weight excluding hydrogens is 316 g/mol. The average molecular weight is 331 g/mol. The van der Waals surface area contributed by atoms with E-state index in [-0.39, 0.29) is 12.3 Å². The van der Waals surface area contributed by atoms with E-state index in [2.05, 4.69) is 14.7 Å². The molecule has 1 atom stereocenters. The fraction of sp³-hybridized carbons (Fsp3) is 0.176. The van der Waals surface area contributed by atoms with Crippen LogP contribution < -0.4 is 4.74 Å². The Morgan fingerprint density at radius 1 is 1.12 bits per heavy atom. The molecule has 0 aliphatic carbocycles. The molecule has 0 saturated heterocycles. The summed E-state index contributed by atoms with van der Waals surface area (Å²) in [4.78, 5) is 8.35. The van der Waals surface area contributed by atoms with E-state index in [4.69, 9.17) is 0 Å². The van der Waals surface area contributed by atoms with Crippen LogP contribution in [0.3, 0.4) is 0 Å². The third-order valence-electron chi connectivity index (χ3n) is 3.49. The molecule has 3 aromatic rings. The highest BCUT2D eigenvalue weighted by Crippen LogP contribution is 2.23. The topological polar surface area (TPSA) is 60.2 Å². The molecule has 3 rings (SSSR count). The number of hydrogen-bond acceptors (Lipinski definition) is 4. The molecule has 5 nitrogen and oxygen atoms in total. The minimum Gasteiger partial charge on any atom is -0.435 e. The first kappa shape index (κ1) is 16.1. The molecular formula is C17H15F2N3O2. The zero-order chi connectivity index (χ0) is 16.9. The van der Waals surface area contributed by atoms with Crippen molar-refractivity contribution in [2.75, 3.05) is 0 Å². The van der Waals surface area contributed by atoms with Gasteiger partial charge in [0.2, 0.25) is 0 Å². The quantitative estimate of drug-likeness (QED) is 0.753. The van der Waals surface area contributed by atoms with Crippen molar-refractivity contribution in [3.63, 3.8) is 0 Å². The van der Waals surface area contributed by atoms with Crippen LogP contribution in [-0.2, 0) is 6.54 Å². The number of alkyl halides is 2. The molecule has 0 radical (unpaired) electrons. The lowest BCUT2D eigenvalue weighted by Gasteiger charge is -2.14. The largest absolute Gasteiger partial charge is 0.435 e. The van der Waals surface area contributed by atoms with Crippen molar-refractivity contribution < 1.29 is 18.6 Å². The van der Waals surface area contributed by atoms with Gasteiger partial charge in [-0.25, -0.2) is 4.98 Å². The summed E-state index contributed by atoms with van der Waals surface area (Å²) in [7, 11) is 0. The molecule has 0 saturated carbocycles. The molecule has 1 aromatic carbocycles. The number of aliphatic hydroxyl groups excluding tert-OH is 1. The van der Waals surface area contributed by atoms with Crippen molar-refractivity contribution >= 4 is 0 Å². The highest BCUT2D eigenvalue weighted by atomic mass is 19.3. The molecule has 1 unspecified atom stereocenters. The highest BCUT2D eigenvalue weighted by molar-refractivity contribution is 5.53. The van der Waals surface area contributed by atoms with E-state index in [1.54, 1.807) is 36.9 Å². The average Bonchev–Trinajstić information content (AvgIpc) is 3.04. The lowest BCUT2D eigenvalue weighted by atomic mass is 10.1. The Labute approximate surface area is 137 Å². The Balaban J connectivity index is 1.74. The van der Waals surface area contributed by atoms with Crippen molar-refractivity contribution in [3.8, 4) is 17.1 Å². The summed E-state index contributed by atoms with van der Waals surface area (Å²) in [6.45, 7) is -2.59. The van der Waals surface area contributed by atoms with Gasteiger partial charge in [-0.15, -0.1) is 0 Å². The van der Waals surface area contributed by atoms with Gasteiger partial charge in [0.25, 0.3) is 0 Å². The first-order valence-corrected chi connectivity index (χ1v) is 7.28. The van der Waals surface area contributed by atoms with Crippen LogP contribution in [0.1, 0.15) is 11.7 Å². The van der Waals surface area contributed by atoms with Gasteiger partial charge in [0.05, 0.1) is 12.6 Å². The first-order valence-electron chi connectivity index (χ1n) is 7.28. The van der Waals surface area contributed by atoms with Crippen LogP contribution in [-0.4, -0.2) is 26.3 Å². The molecule has 0 fully saturated rings. The monoisotopic (exact) mass is 331 g/mol. The molecule has 0 amide bonds. The van der Waals surface area contributed by atoms with Gasteiger partial charge < -0.3 is 14.4 Å². The Bertz CT molecular complexity index is 776. The molecule has 124 valence electrons. The van der Waals surface area contributed by atoms with Crippen molar-refractivity contribution in [2.45, 2.75) is 19.3 Å². The van der Waals surface area contributed by atoms with Gasteiger partial charge in [-0.05, 0) is 29.8 Å². The fourth-order valence-electron chi connectivity index (χ4n) is 2.38. The number of pyridine rings is 1. The molecule has 1 N–H and O–H groups in total. The second-order valence-electron chi connectivity index (χ2n) is 5.11. The maximum atomic E-state index is 12.2. The van der Waals surface area contributed by atoms with Gasteiger partial charge >= 0.3 is 6.61 Å². The Morgan fingerprint density at radius 3 is 2.58 bits per heavy atom. The van der Waals surface area contributed by atoms with Crippen LogP contribution in [0.25, 0.3) is 11.4 Å². The molecule has 7 heteroatoms. The lowest BCUT2D eigenvalue weighted by Crippen LogP contribution is -2.09. The number of halogens is 2. The zero-order valence-corrected chi connectivity index (χ0v) is 12.6. The van der Waals surface area contributed by atoms with Crippen LogP contribution >= 0.6 is 0 Å². The first-order chi connectivity index (χ1) is 11.6. The summed E-state index contributed by atoms with van der Waals surface area (Å²) in [6.07, 6.45) is 5.97. The van der Waals surface area contributed by atoms with Crippen molar-refractivity contribution in [2.24, 2.45) is 0 Å². The lowest BCUT2D eigenvalue weighted by molar-refractivity contribution is -0.0498. The Hall–Kier alpha value is -2.80. The number of aliphatic hydroxyl groups is 1. The standard InChI is InChI=1S/C17H15F2N3O2/c18-17(19)24-14-5-3-12(4-6-14)15(23)11-22-9-8-21-16(22)13-2-1-7-20-10-13/h1-10,15,17,23H,11H2. The molecule has 2 aromatic heterocycles. The van der Waals surface area contributed by atoms with Crippen molar-refractivity contribution in [1.82, 2.24) is 14.5 Å². The van der Waals surface area contributed by atoms with E-state index in [1.807, 2.05) is 16.7 Å². The van der Waals surface area contributed by atoms with Gasteiger partial charge in [0.15, 0.2) is 0 Å². The number of aromatic nitrogens is 3. The zero-order valence-electron chi connectivity index (χ0n) is 12.6. The summed E-state index contributed by atoms with van der Waals surface area (Å²) in [5.41, 5.74) is 1.44. The van der Waals surface area contributed by atoms with E-state index >= 15 is 0 Å². The van der Waals surface area contributed by atoms with Gasteiger partial charge in [0.1, 0.15) is 11.6 Å². The second kappa shape index (κ2) is 7.18. The molecule has 24 heavy (non-hydrogen) atoms. The Morgan fingerprint density at radius 2 is 1.92 bits per heavy atom. The van der Waals surface area contributed by atoms with Gasteiger partial charge in [-0.1, -0.05) is 12.1 Å². The fourth-order valence-corrected chi connectivity index (χ4v) is 2.38. The van der Waals surface area contributed by atoms with E-state index in [9.17, 15) is 13.9 Å². The second-order valence-corrected chi connectivity index (χ2v) is 5.11. The number of ether oxygens (including phenoxy) is 1. The highest BCUT2D eigenvalue weighted by Gasteiger charge is 2.13. The minimum absolute atomic E-state index is 0.0552. The summed E-state index contributed by atoms with van der Waals surface area (Å²) in [5.74, 6) is 0.749. The van der Waals surface area contributed by atoms with Crippen LogP contribution in [0.5, 0.6) is 5.75 Å². The van der Waals surface area contributed by atoms with Crippen LogP contribution in [0.2, 0.25) is 0 Å². The van der Waals surface area contributed by atoms with Crippen molar-refractivity contribution in [3.05, 3.63) is 66.7 Å². The summed E-state index contributed by atoms with van der Waals surface area (Å²) in [5, 5.41) is 10.4. The van der Waals surface area contributed by atoms with E-state index in [0.717, 1.165) is 5.56 Å². The van der Waals surface area contributed by atoms with E-state index < -0.39 is 12.7 Å². The summed E-state index contributed by atoms with van der Waals surface area (Å²) >= 11 is 0. The molecule has 0 aliphatic rings. The van der Waals surface area contributed by atoms with Gasteiger partial charge in [-0.2, -0.15) is 8.78 Å². The van der Waals surface area contributed by atoms with Crippen LogP contribution in [0.4, 0.5) is 8.78 Å². The number of imidazole rings is 1. The van der Waals surface area contributed by atoms with Crippen molar-refractivity contribution in [1.29, 1.82) is 0 Å². The smallest absolute Gasteiger partial charge is 0.387 e. The molecule has 0 bridgehead atoms. The van der Waals surface area contributed by atoms with E-state index in [1.165, 1.54) is 12.1 Å². The summed E-state index contributed by atoms with van der Waals surface area (Å²) in [6, 6.07) is 9.62. The maximum Gasteiger partial charge on any atom is 0.387 e. The number of benzene rings is 1. The Kier molecular flexibility index (Phi) is 4.81. The number of hydrogen-bond donors (Lipinski definition) is 1. The number of nitrogens with zero attached hydrogens (tertiary/aromatic N) is 3. The number of rotatable bonds is 6. The SMILES string of the molecule is OC(Cn1ccnc1-c1cccnc1)c1ccc(OC(F)F)cc1. The predicted octanol–water partition coefficient (Wildman–Crippen LogP) is 3.28. The third-order valence-corrected chi connectivity index (χ3v) is 3.49. The van der Waals surface area contributed by atoms with E-state index in [0.29, 0.717) is 11.4 Å². The molecule has 0 spiro atoms. The predicted molar refractivity (Wildman–Crippen MR) is 83.5 cm³/mol. The molecule has 2 heterocycles. The minimum atomic E-state index is -2.87. The van der Waals surface area contributed by atoms with Gasteiger partial charge in [0, 0.05) is 30.4 Å². The van der Waals surface area contributed by atoms with Gasteiger partial charge in [-0.3, -0.25) is 4.98 Å².